The summed E-state index contributed by atoms with van der Waals surface area (Å²) in [5, 5.41) is 2.37. The highest BCUT2D eigenvalue weighted by atomic mass is 32.2. The molecule has 1 fully saturated rings. The normalized spacial score (nSPS) is 14.8. The summed E-state index contributed by atoms with van der Waals surface area (Å²) in [5.74, 6) is -1.39. The Balaban J connectivity index is 1.49. The monoisotopic (exact) mass is 525 g/mol. The summed E-state index contributed by atoms with van der Waals surface area (Å²) in [4.78, 5) is 42.3. The molecule has 0 saturated carbocycles. The van der Waals surface area contributed by atoms with E-state index in [4.69, 9.17) is 0 Å². The maximum absolute atomic E-state index is 13.5. The van der Waals surface area contributed by atoms with Crippen molar-refractivity contribution in [3.05, 3.63) is 88.1 Å². The fraction of sp³-hybridized carbons (Fsp3) is 0.269. The molecule has 0 unspecified atom stereocenters. The number of aryl methyl sites for hydroxylation is 1. The van der Waals surface area contributed by atoms with Crippen molar-refractivity contribution in [2.75, 3.05) is 26.2 Å². The van der Waals surface area contributed by atoms with E-state index in [1.165, 1.54) is 17.0 Å². The molecule has 1 aliphatic rings. The van der Waals surface area contributed by atoms with E-state index in [0.717, 1.165) is 22.5 Å². The van der Waals surface area contributed by atoms with Crippen LogP contribution < -0.4 is 5.32 Å². The number of benzene rings is 2. The summed E-state index contributed by atoms with van der Waals surface area (Å²) >= 11 is 1.16. The van der Waals surface area contributed by atoms with Crippen LogP contribution in [-0.4, -0.2) is 67.5 Å². The molecule has 0 spiro atoms. The number of amides is 3. The summed E-state index contributed by atoms with van der Waals surface area (Å²) in [5.41, 5.74) is 1.78. The van der Waals surface area contributed by atoms with E-state index in [1.54, 1.807) is 34.5 Å². The molecule has 188 valence electrons. The Bertz CT molecular complexity index is 1320. The number of nitrogens with zero attached hydrogens (tertiary/aromatic N) is 2. The van der Waals surface area contributed by atoms with E-state index in [2.05, 4.69) is 5.32 Å². The van der Waals surface area contributed by atoms with E-state index in [0.29, 0.717) is 4.88 Å². The van der Waals surface area contributed by atoms with Crippen molar-refractivity contribution in [1.29, 1.82) is 0 Å². The van der Waals surface area contributed by atoms with Crippen molar-refractivity contribution in [2.24, 2.45) is 0 Å². The van der Waals surface area contributed by atoms with Crippen LogP contribution in [0.4, 0.5) is 0 Å². The first-order valence-electron chi connectivity index (χ1n) is 11.5. The molecule has 0 bridgehead atoms. The number of nitrogens with one attached hydrogen (secondary N) is 1. The van der Waals surface area contributed by atoms with Gasteiger partial charge in [0.2, 0.25) is 21.1 Å². The Kier molecular flexibility index (Phi) is 7.85. The first-order valence-corrected chi connectivity index (χ1v) is 13.9. The number of thiophene rings is 1. The van der Waals surface area contributed by atoms with Crippen molar-refractivity contribution in [3.63, 3.8) is 0 Å². The topological polar surface area (TPSA) is 104 Å². The zero-order valence-electron chi connectivity index (χ0n) is 19.8. The number of carbonyl (C=O) groups is 3. The SMILES string of the molecule is Cc1ccc(S(=O)(=O)[C@H](NC(=O)c2cccs2)C(=O)N2CCN(C(=O)Cc3ccccc3)CC2)cc1. The van der Waals surface area contributed by atoms with Gasteiger partial charge in [-0.15, -0.1) is 11.3 Å². The second kappa shape index (κ2) is 11.0. The van der Waals surface area contributed by atoms with Crippen LogP contribution in [0.25, 0.3) is 0 Å². The molecular formula is C26H27N3O5S2. The van der Waals surface area contributed by atoms with Gasteiger partial charge in [0.25, 0.3) is 11.8 Å². The van der Waals surface area contributed by atoms with Gasteiger partial charge in [0.1, 0.15) is 0 Å². The van der Waals surface area contributed by atoms with Crippen molar-refractivity contribution in [2.45, 2.75) is 23.6 Å². The third-order valence-corrected chi connectivity index (χ3v) is 8.77. The minimum atomic E-state index is -4.22. The molecular weight excluding hydrogens is 498 g/mol. The van der Waals surface area contributed by atoms with Gasteiger partial charge in [0.05, 0.1) is 16.2 Å². The van der Waals surface area contributed by atoms with Gasteiger partial charge in [-0.25, -0.2) is 8.42 Å². The molecule has 1 aliphatic heterocycles. The minimum absolute atomic E-state index is 0.0467. The molecule has 1 atom stereocenters. The van der Waals surface area contributed by atoms with Crippen LogP contribution in [0.1, 0.15) is 20.8 Å². The van der Waals surface area contributed by atoms with Crippen LogP contribution in [0.5, 0.6) is 0 Å². The average molecular weight is 526 g/mol. The van der Waals surface area contributed by atoms with Gasteiger partial charge >= 0.3 is 0 Å². The van der Waals surface area contributed by atoms with Crippen molar-refractivity contribution < 1.29 is 22.8 Å². The van der Waals surface area contributed by atoms with E-state index in [-0.39, 0.29) is 43.4 Å². The zero-order valence-corrected chi connectivity index (χ0v) is 21.4. The number of rotatable bonds is 7. The van der Waals surface area contributed by atoms with E-state index in [1.807, 2.05) is 37.3 Å². The van der Waals surface area contributed by atoms with Crippen LogP contribution in [0.2, 0.25) is 0 Å². The highest BCUT2D eigenvalue weighted by molar-refractivity contribution is 7.92. The Labute approximate surface area is 214 Å². The molecule has 2 heterocycles. The molecule has 3 aromatic rings. The Hall–Kier alpha value is -3.50. The highest BCUT2D eigenvalue weighted by Crippen LogP contribution is 2.20. The van der Waals surface area contributed by atoms with Gasteiger partial charge < -0.3 is 15.1 Å². The second-order valence-electron chi connectivity index (χ2n) is 8.56. The van der Waals surface area contributed by atoms with E-state index < -0.39 is 27.0 Å². The van der Waals surface area contributed by atoms with Crippen LogP contribution >= 0.6 is 11.3 Å². The van der Waals surface area contributed by atoms with Gasteiger partial charge in [-0.3, -0.25) is 14.4 Å². The lowest BCUT2D eigenvalue weighted by molar-refractivity contribution is -0.139. The maximum atomic E-state index is 13.5. The Morgan fingerprint density at radius 2 is 1.53 bits per heavy atom. The van der Waals surface area contributed by atoms with E-state index in [9.17, 15) is 22.8 Å². The average Bonchev–Trinajstić information content (AvgIpc) is 3.43. The largest absolute Gasteiger partial charge is 0.339 e. The van der Waals surface area contributed by atoms with Crippen LogP contribution in [-0.2, 0) is 25.8 Å². The minimum Gasteiger partial charge on any atom is -0.339 e. The number of hydrogen-bond donors (Lipinski definition) is 1. The summed E-state index contributed by atoms with van der Waals surface area (Å²) in [6.45, 7) is 2.75. The van der Waals surface area contributed by atoms with Gasteiger partial charge in [0, 0.05) is 26.2 Å². The van der Waals surface area contributed by atoms with Gasteiger partial charge in [-0.1, -0.05) is 54.1 Å². The van der Waals surface area contributed by atoms with Crippen molar-refractivity contribution >= 4 is 38.9 Å². The number of carbonyl (C=O) groups excluding carboxylic acids is 3. The molecule has 1 aromatic heterocycles. The number of hydrogen-bond acceptors (Lipinski definition) is 6. The standard InChI is InChI=1S/C26H27N3O5S2/c1-19-9-11-21(12-10-19)36(33,34)25(27-24(31)22-8-5-17-35-22)26(32)29-15-13-28(14-16-29)23(30)18-20-6-3-2-4-7-20/h2-12,17,25H,13-16,18H2,1H3,(H,27,31)/t25-/m0/s1. The molecule has 36 heavy (non-hydrogen) atoms. The molecule has 8 nitrogen and oxygen atoms in total. The predicted molar refractivity (Wildman–Crippen MR) is 137 cm³/mol. The molecule has 3 amide bonds. The van der Waals surface area contributed by atoms with Crippen molar-refractivity contribution in [3.8, 4) is 0 Å². The number of sulfone groups is 1. The van der Waals surface area contributed by atoms with Crippen LogP contribution in [0.3, 0.4) is 0 Å². The fourth-order valence-corrected chi connectivity index (χ4v) is 6.05. The van der Waals surface area contributed by atoms with Gasteiger partial charge in [-0.05, 0) is 36.1 Å². The smallest absolute Gasteiger partial charge is 0.262 e. The third kappa shape index (κ3) is 5.83. The molecule has 1 N–H and O–H groups in total. The van der Waals surface area contributed by atoms with E-state index >= 15 is 0 Å². The summed E-state index contributed by atoms with van der Waals surface area (Å²) < 4.78 is 27.0. The molecule has 10 heteroatoms. The van der Waals surface area contributed by atoms with Gasteiger partial charge in [-0.2, -0.15) is 0 Å². The fourth-order valence-electron chi connectivity index (χ4n) is 3.96. The lowest BCUT2D eigenvalue weighted by Gasteiger charge is -2.36. The Morgan fingerprint density at radius 3 is 2.14 bits per heavy atom. The first kappa shape index (κ1) is 25.6. The van der Waals surface area contributed by atoms with Crippen LogP contribution in [0.15, 0.2) is 77.0 Å². The second-order valence-corrected chi connectivity index (χ2v) is 11.5. The highest BCUT2D eigenvalue weighted by Gasteiger charge is 2.39. The van der Waals surface area contributed by atoms with Gasteiger partial charge in [0.15, 0.2) is 0 Å². The zero-order chi connectivity index (χ0) is 25.7. The lowest BCUT2D eigenvalue weighted by Crippen LogP contribution is -2.58. The third-order valence-electron chi connectivity index (χ3n) is 6.03. The first-order chi connectivity index (χ1) is 17.3. The summed E-state index contributed by atoms with van der Waals surface area (Å²) in [7, 11) is -4.22. The molecule has 2 aromatic carbocycles. The lowest BCUT2D eigenvalue weighted by atomic mass is 10.1. The summed E-state index contributed by atoms with van der Waals surface area (Å²) in [6, 6.07) is 18.8. The van der Waals surface area contributed by atoms with Crippen LogP contribution in [0, 0.1) is 6.92 Å². The predicted octanol–water partition coefficient (Wildman–Crippen LogP) is 2.50. The molecule has 0 aliphatic carbocycles. The quantitative estimate of drug-likeness (QED) is 0.511. The number of piperazine rings is 1. The molecule has 1 saturated heterocycles. The van der Waals surface area contributed by atoms with Crippen molar-refractivity contribution in [1.82, 2.24) is 15.1 Å². The summed E-state index contributed by atoms with van der Waals surface area (Å²) in [6.07, 6.45) is 0.260. The maximum Gasteiger partial charge on any atom is 0.262 e. The Morgan fingerprint density at radius 1 is 0.889 bits per heavy atom. The molecule has 0 radical (unpaired) electrons. The molecule has 4 rings (SSSR count).